The lowest BCUT2D eigenvalue weighted by molar-refractivity contribution is 0.199. The molecule has 0 aliphatic carbocycles. The van der Waals surface area contributed by atoms with Crippen LogP contribution in [0.3, 0.4) is 0 Å². The molecule has 0 aliphatic heterocycles. The van der Waals surface area contributed by atoms with Gasteiger partial charge in [0, 0.05) is 11.1 Å². The van der Waals surface area contributed by atoms with Crippen LogP contribution in [-0.2, 0) is 0 Å². The largest absolute Gasteiger partial charge is 0.389 e. The van der Waals surface area contributed by atoms with Crippen LogP contribution in [-0.4, -0.2) is 15.1 Å². The van der Waals surface area contributed by atoms with Crippen molar-refractivity contribution in [3.63, 3.8) is 0 Å². The normalized spacial score (nSPS) is 12.4. The number of nitrogens with zero attached hydrogens (tertiary/aromatic N) is 2. The maximum atomic E-state index is 9.70. The fraction of sp³-hybridized carbons (Fsp3) is 0.222. The molecule has 4 heteroatoms. The van der Waals surface area contributed by atoms with Crippen LogP contribution < -0.4 is 5.32 Å². The Morgan fingerprint density at radius 1 is 1.05 bits per heavy atom. The summed E-state index contributed by atoms with van der Waals surface area (Å²) in [6.07, 6.45) is 1.08. The van der Waals surface area contributed by atoms with E-state index < -0.39 is 6.10 Å². The van der Waals surface area contributed by atoms with E-state index >= 15 is 0 Å². The molecule has 0 radical (unpaired) electrons. The van der Waals surface area contributed by atoms with Crippen LogP contribution in [0.2, 0.25) is 0 Å². The van der Waals surface area contributed by atoms with Crippen molar-refractivity contribution >= 4 is 22.4 Å². The molecule has 4 nitrogen and oxygen atoms in total. The molecular weight excluding hydrogens is 274 g/mol. The summed E-state index contributed by atoms with van der Waals surface area (Å²) < 4.78 is 0. The van der Waals surface area contributed by atoms with Crippen LogP contribution in [0.4, 0.5) is 11.5 Å². The second-order valence-corrected chi connectivity index (χ2v) is 5.60. The molecule has 0 bridgehead atoms. The molecule has 1 atom stereocenters. The molecule has 22 heavy (non-hydrogen) atoms. The van der Waals surface area contributed by atoms with E-state index in [1.807, 2.05) is 24.3 Å². The lowest BCUT2D eigenvalue weighted by atomic mass is 10.1. The lowest BCUT2D eigenvalue weighted by Gasteiger charge is -2.12. The molecular formula is C18H19N3O. The van der Waals surface area contributed by atoms with Crippen LogP contribution in [0.5, 0.6) is 0 Å². The Morgan fingerprint density at radius 3 is 2.59 bits per heavy atom. The molecule has 0 spiro atoms. The third-order valence-electron chi connectivity index (χ3n) is 3.88. The summed E-state index contributed by atoms with van der Waals surface area (Å²) >= 11 is 0. The third kappa shape index (κ3) is 2.78. The Balaban J connectivity index is 2.04. The first-order valence-corrected chi connectivity index (χ1v) is 7.31. The molecule has 0 fully saturated rings. The number of anilines is 2. The molecule has 1 heterocycles. The quantitative estimate of drug-likeness (QED) is 0.765. The maximum absolute atomic E-state index is 9.70. The van der Waals surface area contributed by atoms with Crippen molar-refractivity contribution in [3.8, 4) is 0 Å². The number of fused-ring (bicyclic) bond motifs is 1. The molecule has 2 aromatic carbocycles. The summed E-state index contributed by atoms with van der Waals surface area (Å²) in [6.45, 7) is 5.92. The molecule has 0 saturated heterocycles. The average Bonchev–Trinajstić information content (AvgIpc) is 2.49. The monoisotopic (exact) mass is 293 g/mol. The molecule has 0 amide bonds. The molecule has 3 rings (SSSR count). The van der Waals surface area contributed by atoms with E-state index in [1.54, 1.807) is 13.3 Å². The highest BCUT2D eigenvalue weighted by atomic mass is 16.3. The fourth-order valence-corrected chi connectivity index (χ4v) is 2.43. The Bertz CT molecular complexity index is 828. The Hall–Kier alpha value is -2.46. The highest BCUT2D eigenvalue weighted by Crippen LogP contribution is 2.26. The molecule has 2 N–H and O–H groups in total. The van der Waals surface area contributed by atoms with Gasteiger partial charge in [-0.1, -0.05) is 12.1 Å². The van der Waals surface area contributed by atoms with Gasteiger partial charge in [-0.05, 0) is 61.7 Å². The standard InChI is InChI=1S/C18H19N3O/c1-11-7-16-17(8-12(11)2)19-10-20-18(16)21-15-6-4-5-14(9-15)13(3)22/h4-10,13,22H,1-3H3,(H,19,20,21). The van der Waals surface area contributed by atoms with E-state index in [1.165, 1.54) is 11.1 Å². The van der Waals surface area contributed by atoms with E-state index in [-0.39, 0.29) is 0 Å². The molecule has 0 saturated carbocycles. The zero-order valence-electron chi connectivity index (χ0n) is 13.0. The Labute approximate surface area is 129 Å². The van der Waals surface area contributed by atoms with Crippen LogP contribution in [0, 0.1) is 13.8 Å². The lowest BCUT2D eigenvalue weighted by Crippen LogP contribution is -1.98. The van der Waals surface area contributed by atoms with E-state index in [0.717, 1.165) is 28.0 Å². The van der Waals surface area contributed by atoms with Crippen LogP contribution in [0.15, 0.2) is 42.7 Å². The molecule has 112 valence electrons. The van der Waals surface area contributed by atoms with Gasteiger partial charge in [-0.3, -0.25) is 0 Å². The Kier molecular flexibility index (Phi) is 3.77. The summed E-state index contributed by atoms with van der Waals surface area (Å²) in [4.78, 5) is 8.70. The van der Waals surface area contributed by atoms with Crippen LogP contribution in [0.1, 0.15) is 29.7 Å². The highest BCUT2D eigenvalue weighted by molar-refractivity contribution is 5.91. The summed E-state index contributed by atoms with van der Waals surface area (Å²) in [5.74, 6) is 0.774. The van der Waals surface area contributed by atoms with Crippen molar-refractivity contribution in [1.82, 2.24) is 9.97 Å². The Morgan fingerprint density at radius 2 is 1.82 bits per heavy atom. The van der Waals surface area contributed by atoms with Gasteiger partial charge in [0.15, 0.2) is 0 Å². The topological polar surface area (TPSA) is 58.0 Å². The number of benzene rings is 2. The molecule has 1 aromatic heterocycles. The fourth-order valence-electron chi connectivity index (χ4n) is 2.43. The van der Waals surface area contributed by atoms with Gasteiger partial charge in [0.1, 0.15) is 12.1 Å². The zero-order chi connectivity index (χ0) is 15.7. The number of aliphatic hydroxyl groups is 1. The molecule has 3 aromatic rings. The van der Waals surface area contributed by atoms with E-state index in [0.29, 0.717) is 0 Å². The number of aliphatic hydroxyl groups excluding tert-OH is 1. The van der Waals surface area contributed by atoms with Gasteiger partial charge < -0.3 is 10.4 Å². The van der Waals surface area contributed by atoms with Crippen molar-refractivity contribution < 1.29 is 5.11 Å². The predicted octanol–water partition coefficient (Wildman–Crippen LogP) is 4.04. The number of hydrogen-bond acceptors (Lipinski definition) is 4. The van der Waals surface area contributed by atoms with E-state index in [9.17, 15) is 5.11 Å². The second kappa shape index (κ2) is 5.73. The van der Waals surface area contributed by atoms with E-state index in [4.69, 9.17) is 0 Å². The summed E-state index contributed by atoms with van der Waals surface area (Å²) in [5.41, 5.74) is 5.12. The first kappa shape index (κ1) is 14.5. The van der Waals surface area contributed by atoms with Crippen molar-refractivity contribution in [1.29, 1.82) is 0 Å². The van der Waals surface area contributed by atoms with E-state index in [2.05, 4.69) is 41.3 Å². The zero-order valence-corrected chi connectivity index (χ0v) is 13.0. The third-order valence-corrected chi connectivity index (χ3v) is 3.88. The summed E-state index contributed by atoms with van der Waals surface area (Å²) in [7, 11) is 0. The summed E-state index contributed by atoms with van der Waals surface area (Å²) in [5, 5.41) is 14.0. The minimum Gasteiger partial charge on any atom is -0.389 e. The number of hydrogen-bond donors (Lipinski definition) is 2. The number of rotatable bonds is 3. The van der Waals surface area contributed by atoms with Crippen molar-refractivity contribution in [2.24, 2.45) is 0 Å². The minimum atomic E-state index is -0.492. The average molecular weight is 293 g/mol. The van der Waals surface area contributed by atoms with Crippen LogP contribution >= 0.6 is 0 Å². The first-order chi connectivity index (χ1) is 10.5. The smallest absolute Gasteiger partial charge is 0.141 e. The number of nitrogens with one attached hydrogen (secondary N) is 1. The van der Waals surface area contributed by atoms with Crippen molar-refractivity contribution in [2.75, 3.05) is 5.32 Å². The minimum absolute atomic E-state index is 0.492. The predicted molar refractivity (Wildman–Crippen MR) is 89.4 cm³/mol. The van der Waals surface area contributed by atoms with Gasteiger partial charge in [0.2, 0.25) is 0 Å². The van der Waals surface area contributed by atoms with Gasteiger partial charge in [0.05, 0.1) is 11.6 Å². The molecule has 0 aliphatic rings. The second-order valence-electron chi connectivity index (χ2n) is 5.60. The van der Waals surface area contributed by atoms with Gasteiger partial charge in [-0.2, -0.15) is 0 Å². The summed E-state index contributed by atoms with van der Waals surface area (Å²) in [6, 6.07) is 11.9. The maximum Gasteiger partial charge on any atom is 0.141 e. The first-order valence-electron chi connectivity index (χ1n) is 7.31. The SMILES string of the molecule is Cc1cc2ncnc(Nc3cccc(C(C)O)c3)c2cc1C. The van der Waals surface area contributed by atoms with Gasteiger partial charge in [-0.25, -0.2) is 9.97 Å². The number of aryl methyl sites for hydroxylation is 2. The van der Waals surface area contributed by atoms with Gasteiger partial charge in [0.25, 0.3) is 0 Å². The van der Waals surface area contributed by atoms with Gasteiger partial charge >= 0.3 is 0 Å². The molecule has 1 unspecified atom stereocenters. The van der Waals surface area contributed by atoms with Crippen LogP contribution in [0.25, 0.3) is 10.9 Å². The highest BCUT2D eigenvalue weighted by Gasteiger charge is 2.07. The van der Waals surface area contributed by atoms with Crippen molar-refractivity contribution in [2.45, 2.75) is 26.9 Å². The van der Waals surface area contributed by atoms with Gasteiger partial charge in [-0.15, -0.1) is 0 Å². The van der Waals surface area contributed by atoms with Crippen molar-refractivity contribution in [3.05, 3.63) is 59.4 Å². The number of aromatic nitrogens is 2.